The third-order valence-corrected chi connectivity index (χ3v) is 2.91. The summed E-state index contributed by atoms with van der Waals surface area (Å²) in [5.74, 6) is 5.79. The van der Waals surface area contributed by atoms with E-state index in [2.05, 4.69) is 21.8 Å². The number of rotatable bonds is 4. The lowest BCUT2D eigenvalue weighted by Gasteiger charge is -2.20. The van der Waals surface area contributed by atoms with Gasteiger partial charge in [0.2, 0.25) is 5.88 Å². The topological polar surface area (TPSA) is 35.0 Å². The SMILES string of the molecule is CC#CCOc1cc(C(C)(F)c2ccccc2)ncn1. The van der Waals surface area contributed by atoms with Gasteiger partial charge in [-0.3, -0.25) is 0 Å². The van der Waals surface area contributed by atoms with Crippen molar-refractivity contribution in [1.29, 1.82) is 0 Å². The van der Waals surface area contributed by atoms with E-state index in [0.29, 0.717) is 11.4 Å². The molecule has 4 heteroatoms. The molecule has 102 valence electrons. The van der Waals surface area contributed by atoms with Crippen molar-refractivity contribution in [3.8, 4) is 17.7 Å². The van der Waals surface area contributed by atoms with Crippen LogP contribution < -0.4 is 4.74 Å². The third-order valence-electron chi connectivity index (χ3n) is 2.91. The second-order valence-electron chi connectivity index (χ2n) is 4.33. The first kappa shape index (κ1) is 14.0. The van der Waals surface area contributed by atoms with Crippen molar-refractivity contribution < 1.29 is 9.13 Å². The molecule has 0 amide bonds. The van der Waals surface area contributed by atoms with Gasteiger partial charge in [-0.05, 0) is 19.4 Å². The van der Waals surface area contributed by atoms with E-state index in [1.54, 1.807) is 31.2 Å². The van der Waals surface area contributed by atoms with Crippen LogP contribution in [0.4, 0.5) is 4.39 Å². The Morgan fingerprint density at radius 3 is 2.70 bits per heavy atom. The van der Waals surface area contributed by atoms with Gasteiger partial charge in [0.15, 0.2) is 12.3 Å². The second-order valence-corrected chi connectivity index (χ2v) is 4.33. The number of benzene rings is 1. The van der Waals surface area contributed by atoms with E-state index in [-0.39, 0.29) is 12.3 Å². The van der Waals surface area contributed by atoms with Crippen molar-refractivity contribution in [3.63, 3.8) is 0 Å². The Morgan fingerprint density at radius 2 is 2.00 bits per heavy atom. The van der Waals surface area contributed by atoms with Gasteiger partial charge in [-0.15, -0.1) is 5.92 Å². The first-order valence-electron chi connectivity index (χ1n) is 6.24. The van der Waals surface area contributed by atoms with Crippen LogP contribution in [-0.2, 0) is 5.67 Å². The molecular formula is C16H15FN2O. The molecule has 0 aliphatic carbocycles. The lowest BCUT2D eigenvalue weighted by Crippen LogP contribution is -2.19. The Kier molecular flexibility index (Phi) is 4.31. The van der Waals surface area contributed by atoms with E-state index in [9.17, 15) is 4.39 Å². The molecule has 1 aromatic heterocycles. The van der Waals surface area contributed by atoms with Crippen LogP contribution in [0.15, 0.2) is 42.7 Å². The summed E-state index contributed by atoms with van der Waals surface area (Å²) >= 11 is 0. The minimum absolute atomic E-state index is 0.224. The molecule has 0 aliphatic heterocycles. The highest BCUT2D eigenvalue weighted by molar-refractivity contribution is 5.32. The van der Waals surface area contributed by atoms with Gasteiger partial charge < -0.3 is 4.74 Å². The minimum Gasteiger partial charge on any atom is -0.464 e. The van der Waals surface area contributed by atoms with Crippen LogP contribution in [-0.4, -0.2) is 16.6 Å². The first-order valence-corrected chi connectivity index (χ1v) is 6.24. The monoisotopic (exact) mass is 270 g/mol. The summed E-state index contributed by atoms with van der Waals surface area (Å²) in [6.45, 7) is 3.42. The van der Waals surface area contributed by atoms with Crippen LogP contribution >= 0.6 is 0 Å². The van der Waals surface area contributed by atoms with Gasteiger partial charge in [0.05, 0.1) is 5.69 Å². The molecule has 2 aromatic rings. The smallest absolute Gasteiger partial charge is 0.217 e. The van der Waals surface area contributed by atoms with Crippen molar-refractivity contribution in [3.05, 3.63) is 54.0 Å². The number of hydrogen-bond acceptors (Lipinski definition) is 3. The highest BCUT2D eigenvalue weighted by Crippen LogP contribution is 2.32. The van der Waals surface area contributed by atoms with E-state index >= 15 is 0 Å². The van der Waals surface area contributed by atoms with Gasteiger partial charge in [0.25, 0.3) is 0 Å². The summed E-state index contributed by atoms with van der Waals surface area (Å²) in [5.41, 5.74) is -0.894. The Morgan fingerprint density at radius 1 is 1.25 bits per heavy atom. The summed E-state index contributed by atoms with van der Waals surface area (Å²) in [4.78, 5) is 7.96. The van der Waals surface area contributed by atoms with Crippen LogP contribution in [0.5, 0.6) is 5.88 Å². The van der Waals surface area contributed by atoms with Gasteiger partial charge in [0.1, 0.15) is 6.33 Å². The Bertz CT molecular complexity index is 630. The molecule has 1 aromatic carbocycles. The average molecular weight is 270 g/mol. The summed E-state index contributed by atoms with van der Waals surface area (Å²) < 4.78 is 20.3. The molecule has 0 aliphatic rings. The Balaban J connectivity index is 2.27. The number of hydrogen-bond donors (Lipinski definition) is 0. The van der Waals surface area contributed by atoms with Crippen LogP contribution in [0.2, 0.25) is 0 Å². The zero-order chi connectivity index (χ0) is 14.4. The van der Waals surface area contributed by atoms with Crippen molar-refractivity contribution in [2.45, 2.75) is 19.5 Å². The maximum absolute atomic E-state index is 14.9. The highest BCUT2D eigenvalue weighted by atomic mass is 19.1. The molecule has 0 saturated heterocycles. The molecule has 0 saturated carbocycles. The predicted molar refractivity (Wildman–Crippen MR) is 75.0 cm³/mol. The molecule has 3 nitrogen and oxygen atoms in total. The number of nitrogens with zero attached hydrogens (tertiary/aromatic N) is 2. The molecule has 0 N–H and O–H groups in total. The Labute approximate surface area is 117 Å². The quantitative estimate of drug-likeness (QED) is 0.801. The number of ether oxygens (including phenoxy) is 1. The van der Waals surface area contributed by atoms with Crippen LogP contribution in [0.25, 0.3) is 0 Å². The molecule has 1 unspecified atom stereocenters. The molecular weight excluding hydrogens is 255 g/mol. The number of halogens is 1. The minimum atomic E-state index is -1.70. The number of aromatic nitrogens is 2. The largest absolute Gasteiger partial charge is 0.464 e. The van der Waals surface area contributed by atoms with E-state index in [1.165, 1.54) is 19.3 Å². The zero-order valence-corrected chi connectivity index (χ0v) is 11.4. The van der Waals surface area contributed by atoms with Gasteiger partial charge in [-0.2, -0.15) is 0 Å². The van der Waals surface area contributed by atoms with E-state index in [4.69, 9.17) is 4.74 Å². The predicted octanol–water partition coefficient (Wildman–Crippen LogP) is 3.11. The van der Waals surface area contributed by atoms with Crippen LogP contribution in [0, 0.1) is 11.8 Å². The van der Waals surface area contributed by atoms with Crippen molar-refractivity contribution in [2.24, 2.45) is 0 Å². The average Bonchev–Trinajstić information content (AvgIpc) is 2.49. The molecule has 20 heavy (non-hydrogen) atoms. The van der Waals surface area contributed by atoms with E-state index < -0.39 is 5.67 Å². The molecule has 2 rings (SSSR count). The van der Waals surface area contributed by atoms with E-state index in [1.807, 2.05) is 6.07 Å². The highest BCUT2D eigenvalue weighted by Gasteiger charge is 2.30. The molecule has 1 heterocycles. The van der Waals surface area contributed by atoms with E-state index in [0.717, 1.165) is 0 Å². The zero-order valence-electron chi connectivity index (χ0n) is 11.4. The Hall–Kier alpha value is -2.41. The fraction of sp³-hybridized carbons (Fsp3) is 0.250. The maximum atomic E-state index is 14.9. The fourth-order valence-corrected chi connectivity index (χ4v) is 1.76. The normalized spacial score (nSPS) is 12.9. The maximum Gasteiger partial charge on any atom is 0.217 e. The van der Waals surface area contributed by atoms with Gasteiger partial charge in [-0.1, -0.05) is 36.3 Å². The second kappa shape index (κ2) is 6.16. The molecule has 1 atom stereocenters. The van der Waals surface area contributed by atoms with Gasteiger partial charge >= 0.3 is 0 Å². The summed E-state index contributed by atoms with van der Waals surface area (Å²) in [6, 6.07) is 10.4. The molecule has 0 fully saturated rings. The summed E-state index contributed by atoms with van der Waals surface area (Å²) in [6.07, 6.45) is 1.30. The fourth-order valence-electron chi connectivity index (χ4n) is 1.76. The lowest BCUT2D eigenvalue weighted by molar-refractivity contribution is 0.241. The van der Waals surface area contributed by atoms with Gasteiger partial charge in [-0.25, -0.2) is 14.4 Å². The molecule has 0 spiro atoms. The molecule has 0 radical (unpaired) electrons. The summed E-state index contributed by atoms with van der Waals surface area (Å²) in [7, 11) is 0. The first-order chi connectivity index (χ1) is 9.64. The molecule has 0 bridgehead atoms. The van der Waals surface area contributed by atoms with Crippen LogP contribution in [0.1, 0.15) is 25.1 Å². The standard InChI is InChI=1S/C16H15FN2O/c1-3-4-10-20-15-11-14(18-12-19-15)16(2,17)13-8-6-5-7-9-13/h5-9,11-12H,10H2,1-2H3. The number of alkyl halides is 1. The van der Waals surface area contributed by atoms with Crippen molar-refractivity contribution in [2.75, 3.05) is 6.61 Å². The van der Waals surface area contributed by atoms with Crippen LogP contribution in [0.3, 0.4) is 0 Å². The summed E-state index contributed by atoms with van der Waals surface area (Å²) in [5, 5.41) is 0. The van der Waals surface area contributed by atoms with Gasteiger partial charge in [0, 0.05) is 6.07 Å². The van der Waals surface area contributed by atoms with Crippen molar-refractivity contribution >= 4 is 0 Å². The lowest BCUT2D eigenvalue weighted by atomic mass is 9.94. The third kappa shape index (κ3) is 3.12. The van der Waals surface area contributed by atoms with Crippen molar-refractivity contribution in [1.82, 2.24) is 9.97 Å².